The van der Waals surface area contributed by atoms with E-state index in [4.69, 9.17) is 23.8 Å². The summed E-state index contributed by atoms with van der Waals surface area (Å²) in [6, 6.07) is 66.2. The summed E-state index contributed by atoms with van der Waals surface area (Å²) in [6.07, 6.45) is 0. The number of nitrogens with zero attached hydrogens (tertiary/aromatic N) is 4. The summed E-state index contributed by atoms with van der Waals surface area (Å²) in [6.45, 7) is 0. The van der Waals surface area contributed by atoms with Crippen LogP contribution in [0.1, 0.15) is 0 Å². The number of para-hydroxylation sites is 2. The van der Waals surface area contributed by atoms with E-state index in [2.05, 4.69) is 102 Å². The number of anilines is 3. The molecule has 0 N–H and O–H groups in total. The molecule has 0 fully saturated rings. The van der Waals surface area contributed by atoms with E-state index in [1.54, 1.807) is 0 Å². The Balaban J connectivity index is 1.10. The van der Waals surface area contributed by atoms with Crippen molar-refractivity contribution in [3.8, 4) is 45.3 Å². The lowest BCUT2D eigenvalue weighted by molar-refractivity contribution is 0.669. The molecule has 0 radical (unpaired) electrons. The summed E-state index contributed by atoms with van der Waals surface area (Å²) in [5.41, 5.74) is 11.1. The molecule has 0 amide bonds. The minimum Gasteiger partial charge on any atom is -0.456 e. The molecule has 57 heavy (non-hydrogen) atoms. The van der Waals surface area contributed by atoms with Crippen molar-refractivity contribution >= 4 is 60.9 Å². The first kappa shape index (κ1) is 32.6. The second kappa shape index (κ2) is 13.5. The number of hydrogen-bond donors (Lipinski definition) is 0. The lowest BCUT2D eigenvalue weighted by Crippen LogP contribution is -2.11. The standard InChI is InChI=1S/C51H32N4O2/c1-4-15-33(16-5-1)38-21-10-12-24-43(38)55(36-27-29-40-39-22-11-13-25-44(39)56-46(40)31-36)37-28-30-41-47(32-37)57-45-26-14-23-42(48(41)45)51-53-49(34-17-6-2-7-18-34)52-50(54-51)35-19-8-3-9-20-35/h1-32H. The van der Waals surface area contributed by atoms with E-state index in [-0.39, 0.29) is 0 Å². The van der Waals surface area contributed by atoms with Crippen LogP contribution < -0.4 is 4.90 Å². The summed E-state index contributed by atoms with van der Waals surface area (Å²) < 4.78 is 13.1. The van der Waals surface area contributed by atoms with Crippen molar-refractivity contribution in [2.24, 2.45) is 0 Å². The van der Waals surface area contributed by atoms with E-state index in [1.807, 2.05) is 97.1 Å². The van der Waals surface area contributed by atoms with E-state index in [9.17, 15) is 0 Å². The maximum Gasteiger partial charge on any atom is 0.164 e. The van der Waals surface area contributed by atoms with Gasteiger partial charge in [0.15, 0.2) is 17.5 Å². The van der Waals surface area contributed by atoms with Gasteiger partial charge in [-0.15, -0.1) is 0 Å². The molecule has 0 spiro atoms. The first-order valence-electron chi connectivity index (χ1n) is 18.9. The number of rotatable bonds is 7. The molecule has 0 aliphatic carbocycles. The molecule has 0 aliphatic heterocycles. The first-order chi connectivity index (χ1) is 28.2. The zero-order chi connectivity index (χ0) is 37.7. The molecule has 0 saturated heterocycles. The first-order valence-corrected chi connectivity index (χ1v) is 18.9. The highest BCUT2D eigenvalue weighted by Crippen LogP contribution is 2.45. The van der Waals surface area contributed by atoms with Crippen LogP contribution in [-0.4, -0.2) is 15.0 Å². The Morgan fingerprint density at radius 1 is 0.333 bits per heavy atom. The normalized spacial score (nSPS) is 11.5. The quantitative estimate of drug-likeness (QED) is 0.162. The second-order valence-electron chi connectivity index (χ2n) is 14.0. The van der Waals surface area contributed by atoms with Gasteiger partial charge in [-0.25, -0.2) is 15.0 Å². The number of aromatic nitrogens is 3. The maximum absolute atomic E-state index is 6.72. The molecule has 6 heteroatoms. The van der Waals surface area contributed by atoms with E-state index in [1.165, 1.54) is 0 Å². The van der Waals surface area contributed by atoms with Crippen molar-refractivity contribution in [1.29, 1.82) is 0 Å². The van der Waals surface area contributed by atoms with Crippen LogP contribution in [-0.2, 0) is 0 Å². The fraction of sp³-hybridized carbons (Fsp3) is 0. The zero-order valence-electron chi connectivity index (χ0n) is 30.6. The molecule has 0 atom stereocenters. The van der Waals surface area contributed by atoms with E-state index in [0.29, 0.717) is 17.5 Å². The molecular formula is C51H32N4O2. The van der Waals surface area contributed by atoms with E-state index < -0.39 is 0 Å². The van der Waals surface area contributed by atoms with Gasteiger partial charge in [-0.2, -0.15) is 0 Å². The van der Waals surface area contributed by atoms with Crippen LogP contribution in [0.15, 0.2) is 203 Å². The molecule has 0 bridgehead atoms. The Morgan fingerprint density at radius 3 is 1.53 bits per heavy atom. The topological polar surface area (TPSA) is 68.2 Å². The Bertz CT molecular complexity index is 3190. The van der Waals surface area contributed by atoms with Gasteiger partial charge in [-0.3, -0.25) is 0 Å². The van der Waals surface area contributed by atoms with Crippen molar-refractivity contribution in [2.75, 3.05) is 4.90 Å². The Kier molecular flexibility index (Phi) is 7.71. The van der Waals surface area contributed by atoms with Gasteiger partial charge in [-0.1, -0.05) is 140 Å². The lowest BCUT2D eigenvalue weighted by atomic mass is 10.0. The molecular weight excluding hydrogens is 701 g/mol. The molecule has 8 aromatic carbocycles. The molecule has 268 valence electrons. The van der Waals surface area contributed by atoms with Crippen molar-refractivity contribution in [3.05, 3.63) is 194 Å². The molecule has 0 aliphatic rings. The van der Waals surface area contributed by atoms with Gasteiger partial charge < -0.3 is 13.7 Å². The Labute approximate surface area is 328 Å². The van der Waals surface area contributed by atoms with E-state index in [0.717, 1.165) is 88.8 Å². The van der Waals surface area contributed by atoms with Crippen molar-refractivity contribution in [2.45, 2.75) is 0 Å². The van der Waals surface area contributed by atoms with Gasteiger partial charge in [0.1, 0.15) is 22.3 Å². The third-order valence-electron chi connectivity index (χ3n) is 10.5. The highest BCUT2D eigenvalue weighted by Gasteiger charge is 2.22. The van der Waals surface area contributed by atoms with Gasteiger partial charge in [0.25, 0.3) is 0 Å². The van der Waals surface area contributed by atoms with Gasteiger partial charge in [-0.05, 0) is 48.0 Å². The lowest BCUT2D eigenvalue weighted by Gasteiger charge is -2.27. The second-order valence-corrected chi connectivity index (χ2v) is 14.0. The average molecular weight is 733 g/mol. The molecule has 11 aromatic rings. The van der Waals surface area contributed by atoms with Crippen LogP contribution in [0.25, 0.3) is 89.2 Å². The van der Waals surface area contributed by atoms with Gasteiger partial charge in [0.2, 0.25) is 0 Å². The third kappa shape index (κ3) is 5.70. The number of hydrogen-bond acceptors (Lipinski definition) is 6. The highest BCUT2D eigenvalue weighted by molar-refractivity contribution is 6.13. The predicted octanol–water partition coefficient (Wildman–Crippen LogP) is 13.8. The molecule has 11 rings (SSSR count). The molecule has 6 nitrogen and oxygen atoms in total. The van der Waals surface area contributed by atoms with Gasteiger partial charge >= 0.3 is 0 Å². The monoisotopic (exact) mass is 732 g/mol. The number of furan rings is 2. The highest BCUT2D eigenvalue weighted by atomic mass is 16.3. The van der Waals surface area contributed by atoms with Crippen LogP contribution in [0.2, 0.25) is 0 Å². The molecule has 3 heterocycles. The smallest absolute Gasteiger partial charge is 0.164 e. The van der Waals surface area contributed by atoms with Crippen molar-refractivity contribution in [1.82, 2.24) is 15.0 Å². The Morgan fingerprint density at radius 2 is 0.825 bits per heavy atom. The summed E-state index contributed by atoms with van der Waals surface area (Å²) in [5, 5.41) is 4.09. The number of fused-ring (bicyclic) bond motifs is 6. The Hall–Kier alpha value is -7.83. The third-order valence-corrected chi connectivity index (χ3v) is 10.5. The molecule has 3 aromatic heterocycles. The predicted molar refractivity (Wildman–Crippen MR) is 231 cm³/mol. The minimum atomic E-state index is 0.581. The SMILES string of the molecule is c1ccc(-c2nc(-c3ccccc3)nc(-c3cccc4oc5cc(N(c6ccc7c(c6)oc6ccccc67)c6ccccc6-c6ccccc6)ccc5c34)n2)cc1. The maximum atomic E-state index is 6.72. The van der Waals surface area contributed by atoms with Crippen LogP contribution in [0, 0.1) is 0 Å². The fourth-order valence-electron chi connectivity index (χ4n) is 7.88. The minimum absolute atomic E-state index is 0.581. The van der Waals surface area contributed by atoms with Crippen LogP contribution in [0.3, 0.4) is 0 Å². The van der Waals surface area contributed by atoms with E-state index >= 15 is 0 Å². The van der Waals surface area contributed by atoms with Gasteiger partial charge in [0, 0.05) is 67.3 Å². The number of benzene rings is 8. The van der Waals surface area contributed by atoms with Crippen LogP contribution >= 0.6 is 0 Å². The van der Waals surface area contributed by atoms with Gasteiger partial charge in [0.05, 0.1) is 5.69 Å². The summed E-state index contributed by atoms with van der Waals surface area (Å²) >= 11 is 0. The van der Waals surface area contributed by atoms with Crippen LogP contribution in [0.5, 0.6) is 0 Å². The zero-order valence-corrected chi connectivity index (χ0v) is 30.6. The largest absolute Gasteiger partial charge is 0.456 e. The molecule has 0 saturated carbocycles. The fourth-order valence-corrected chi connectivity index (χ4v) is 7.88. The average Bonchev–Trinajstić information content (AvgIpc) is 3.85. The molecule has 0 unspecified atom stereocenters. The summed E-state index contributed by atoms with van der Waals surface area (Å²) in [4.78, 5) is 17.3. The van der Waals surface area contributed by atoms with Crippen LogP contribution in [0.4, 0.5) is 17.1 Å². The van der Waals surface area contributed by atoms with Crippen molar-refractivity contribution in [3.63, 3.8) is 0 Å². The summed E-state index contributed by atoms with van der Waals surface area (Å²) in [5.74, 6) is 1.80. The summed E-state index contributed by atoms with van der Waals surface area (Å²) in [7, 11) is 0. The van der Waals surface area contributed by atoms with Crippen molar-refractivity contribution < 1.29 is 8.83 Å².